The van der Waals surface area contributed by atoms with Crippen LogP contribution in [-0.2, 0) is 0 Å². The Bertz CT molecular complexity index is 417. The third-order valence-corrected chi connectivity index (χ3v) is 1.60. The standard InChI is InChI=1S/C9H11N3O4/c1-6(2)16-9-8(12(14)15)4-3-7(11-9)5-10-13/h3-6,13H,1-2H3/b10-5+. The molecule has 1 rings (SSSR count). The van der Waals surface area contributed by atoms with Crippen LogP contribution in [0.3, 0.4) is 0 Å². The molecule has 0 aliphatic rings. The number of rotatable bonds is 4. The van der Waals surface area contributed by atoms with Crippen LogP contribution >= 0.6 is 0 Å². The van der Waals surface area contributed by atoms with Crippen molar-refractivity contribution in [3.63, 3.8) is 0 Å². The molecule has 7 heteroatoms. The van der Waals surface area contributed by atoms with Crippen LogP contribution in [0.25, 0.3) is 0 Å². The van der Waals surface area contributed by atoms with Gasteiger partial charge in [0.25, 0.3) is 5.88 Å². The number of nitro groups is 1. The summed E-state index contributed by atoms with van der Waals surface area (Å²) in [5, 5.41) is 21.8. The lowest BCUT2D eigenvalue weighted by Gasteiger charge is -2.08. The summed E-state index contributed by atoms with van der Waals surface area (Å²) < 4.78 is 5.20. The van der Waals surface area contributed by atoms with Gasteiger partial charge in [0, 0.05) is 6.07 Å². The van der Waals surface area contributed by atoms with Gasteiger partial charge >= 0.3 is 5.69 Å². The monoisotopic (exact) mass is 225 g/mol. The number of ether oxygens (including phenoxy) is 1. The lowest BCUT2D eigenvalue weighted by molar-refractivity contribution is -0.386. The van der Waals surface area contributed by atoms with Gasteiger partial charge in [-0.05, 0) is 19.9 Å². The van der Waals surface area contributed by atoms with Gasteiger partial charge in [0.2, 0.25) is 0 Å². The molecule has 0 saturated carbocycles. The minimum absolute atomic E-state index is 0.0857. The van der Waals surface area contributed by atoms with Crippen molar-refractivity contribution >= 4 is 11.9 Å². The van der Waals surface area contributed by atoms with Crippen molar-refractivity contribution in [2.45, 2.75) is 20.0 Å². The Balaban J connectivity index is 3.15. The first-order chi connectivity index (χ1) is 7.54. The van der Waals surface area contributed by atoms with Crippen LogP contribution in [0.2, 0.25) is 0 Å². The molecule has 7 nitrogen and oxygen atoms in total. The largest absolute Gasteiger partial charge is 0.470 e. The minimum Gasteiger partial charge on any atom is -0.470 e. The third kappa shape index (κ3) is 2.91. The summed E-state index contributed by atoms with van der Waals surface area (Å²) in [6.45, 7) is 3.47. The highest BCUT2D eigenvalue weighted by atomic mass is 16.6. The number of aromatic nitrogens is 1. The zero-order valence-corrected chi connectivity index (χ0v) is 8.82. The Morgan fingerprint density at radius 1 is 1.62 bits per heavy atom. The summed E-state index contributed by atoms with van der Waals surface area (Å²) in [7, 11) is 0. The molecule has 0 aromatic carbocycles. The van der Waals surface area contributed by atoms with Crippen molar-refractivity contribution in [1.29, 1.82) is 0 Å². The van der Waals surface area contributed by atoms with E-state index in [9.17, 15) is 10.1 Å². The second-order valence-electron chi connectivity index (χ2n) is 3.23. The van der Waals surface area contributed by atoms with Gasteiger partial charge in [-0.2, -0.15) is 0 Å². The zero-order chi connectivity index (χ0) is 12.1. The number of hydrogen-bond donors (Lipinski definition) is 1. The summed E-state index contributed by atoms with van der Waals surface area (Å²) in [5.74, 6) is -0.0857. The lowest BCUT2D eigenvalue weighted by atomic mass is 10.3. The predicted molar refractivity (Wildman–Crippen MR) is 56.0 cm³/mol. The van der Waals surface area contributed by atoms with Crippen LogP contribution in [0.1, 0.15) is 19.5 Å². The van der Waals surface area contributed by atoms with Crippen LogP contribution in [-0.4, -0.2) is 27.4 Å². The van der Waals surface area contributed by atoms with E-state index in [2.05, 4.69) is 10.1 Å². The molecule has 0 amide bonds. The van der Waals surface area contributed by atoms with Gasteiger partial charge in [-0.1, -0.05) is 5.16 Å². The van der Waals surface area contributed by atoms with E-state index in [-0.39, 0.29) is 23.4 Å². The quantitative estimate of drug-likeness (QED) is 0.363. The zero-order valence-electron chi connectivity index (χ0n) is 8.82. The van der Waals surface area contributed by atoms with Gasteiger partial charge in [-0.15, -0.1) is 0 Å². The van der Waals surface area contributed by atoms with E-state index in [0.29, 0.717) is 0 Å². The molecule has 1 aromatic rings. The Labute approximate surface area is 91.5 Å². The van der Waals surface area contributed by atoms with Crippen molar-refractivity contribution < 1.29 is 14.9 Å². The first-order valence-corrected chi connectivity index (χ1v) is 4.54. The topological polar surface area (TPSA) is 97.9 Å². The van der Waals surface area contributed by atoms with E-state index in [1.54, 1.807) is 13.8 Å². The Morgan fingerprint density at radius 3 is 2.81 bits per heavy atom. The molecular formula is C9H11N3O4. The summed E-state index contributed by atoms with van der Waals surface area (Å²) in [5.41, 5.74) is 0.0625. The number of pyridine rings is 1. The fourth-order valence-corrected chi connectivity index (χ4v) is 1.03. The number of nitrogens with zero attached hydrogens (tertiary/aromatic N) is 3. The fourth-order valence-electron chi connectivity index (χ4n) is 1.03. The first kappa shape index (κ1) is 11.9. The predicted octanol–water partition coefficient (Wildman–Crippen LogP) is 1.59. The molecule has 1 aromatic heterocycles. The van der Waals surface area contributed by atoms with Gasteiger partial charge in [0.1, 0.15) is 0 Å². The lowest BCUT2D eigenvalue weighted by Crippen LogP contribution is -2.09. The molecule has 0 atom stereocenters. The van der Waals surface area contributed by atoms with Crippen LogP contribution in [0.15, 0.2) is 17.3 Å². The molecule has 0 spiro atoms. The van der Waals surface area contributed by atoms with E-state index in [0.717, 1.165) is 6.21 Å². The second-order valence-corrected chi connectivity index (χ2v) is 3.23. The SMILES string of the molecule is CC(C)Oc1nc(/C=N/O)ccc1[N+](=O)[O-]. The van der Waals surface area contributed by atoms with E-state index < -0.39 is 4.92 Å². The maximum absolute atomic E-state index is 10.7. The van der Waals surface area contributed by atoms with E-state index in [1.165, 1.54) is 12.1 Å². The summed E-state index contributed by atoms with van der Waals surface area (Å²) in [6.07, 6.45) is 0.837. The van der Waals surface area contributed by atoms with Gasteiger partial charge < -0.3 is 9.94 Å². The smallest absolute Gasteiger partial charge is 0.331 e. The molecule has 16 heavy (non-hydrogen) atoms. The summed E-state index contributed by atoms with van der Waals surface area (Å²) >= 11 is 0. The summed E-state index contributed by atoms with van der Waals surface area (Å²) in [4.78, 5) is 13.9. The number of oxime groups is 1. The summed E-state index contributed by atoms with van der Waals surface area (Å²) in [6, 6.07) is 2.62. The van der Waals surface area contributed by atoms with Crippen molar-refractivity contribution in [2.24, 2.45) is 5.16 Å². The van der Waals surface area contributed by atoms with Gasteiger partial charge in [0.05, 0.1) is 22.9 Å². The highest BCUT2D eigenvalue weighted by Crippen LogP contribution is 2.24. The minimum atomic E-state index is -0.579. The fraction of sp³-hybridized carbons (Fsp3) is 0.333. The highest BCUT2D eigenvalue weighted by molar-refractivity contribution is 5.77. The van der Waals surface area contributed by atoms with Crippen molar-refractivity contribution in [2.75, 3.05) is 0 Å². The molecule has 0 unspecified atom stereocenters. The highest BCUT2D eigenvalue weighted by Gasteiger charge is 2.18. The van der Waals surface area contributed by atoms with Crippen molar-refractivity contribution in [3.05, 3.63) is 27.9 Å². The van der Waals surface area contributed by atoms with Gasteiger partial charge in [-0.3, -0.25) is 10.1 Å². The third-order valence-electron chi connectivity index (χ3n) is 1.60. The molecule has 0 fully saturated rings. The first-order valence-electron chi connectivity index (χ1n) is 4.54. The molecular weight excluding hydrogens is 214 g/mol. The average Bonchev–Trinajstić information content (AvgIpc) is 2.16. The van der Waals surface area contributed by atoms with Crippen LogP contribution in [0, 0.1) is 10.1 Å². The maximum Gasteiger partial charge on any atom is 0.331 e. The van der Waals surface area contributed by atoms with Crippen molar-refractivity contribution in [1.82, 2.24) is 4.98 Å². The molecule has 86 valence electrons. The molecule has 0 saturated heterocycles. The van der Waals surface area contributed by atoms with Gasteiger partial charge in [0.15, 0.2) is 0 Å². The van der Waals surface area contributed by atoms with Crippen LogP contribution < -0.4 is 4.74 Å². The molecule has 0 aliphatic heterocycles. The van der Waals surface area contributed by atoms with Crippen LogP contribution in [0.4, 0.5) is 5.69 Å². The molecule has 1 heterocycles. The molecule has 0 bridgehead atoms. The van der Waals surface area contributed by atoms with E-state index in [1.807, 2.05) is 0 Å². The van der Waals surface area contributed by atoms with Crippen molar-refractivity contribution in [3.8, 4) is 5.88 Å². The Morgan fingerprint density at radius 2 is 2.31 bits per heavy atom. The Kier molecular flexibility index (Phi) is 3.76. The molecule has 0 radical (unpaired) electrons. The molecule has 1 N–H and O–H groups in total. The second kappa shape index (κ2) is 5.06. The maximum atomic E-state index is 10.7. The number of hydrogen-bond acceptors (Lipinski definition) is 6. The van der Waals surface area contributed by atoms with Crippen LogP contribution in [0.5, 0.6) is 5.88 Å². The normalized spacial score (nSPS) is 10.9. The van der Waals surface area contributed by atoms with Gasteiger partial charge in [-0.25, -0.2) is 4.98 Å². The Hall–Kier alpha value is -2.18. The van der Waals surface area contributed by atoms with E-state index in [4.69, 9.17) is 9.94 Å². The van der Waals surface area contributed by atoms with E-state index >= 15 is 0 Å². The molecule has 0 aliphatic carbocycles. The average molecular weight is 225 g/mol.